The molecule has 3 rings (SSSR count). The number of hydrogen-bond acceptors (Lipinski definition) is 3. The lowest BCUT2D eigenvalue weighted by molar-refractivity contribution is -0.118. The minimum Gasteiger partial charge on any atom is -0.367 e. The van der Waals surface area contributed by atoms with Crippen LogP contribution in [-0.4, -0.2) is 36.0 Å². The number of hydrogen-bond donors (Lipinski definition) is 1. The Balaban J connectivity index is 1.43. The molecule has 1 aromatic carbocycles. The number of carbonyl (C=O) groups is 1. The van der Waals surface area contributed by atoms with Crippen molar-refractivity contribution in [1.82, 2.24) is 5.32 Å². The number of benzene rings is 1. The Morgan fingerprint density at radius 1 is 1.14 bits per heavy atom. The molecule has 0 aromatic heterocycles. The second-order valence-electron chi connectivity index (χ2n) is 6.35. The lowest BCUT2D eigenvalue weighted by Gasteiger charge is -2.27. The van der Waals surface area contributed by atoms with E-state index in [9.17, 15) is 4.79 Å². The van der Waals surface area contributed by atoms with Crippen LogP contribution in [0.25, 0.3) is 0 Å². The SMILES string of the molecule is O=C(CSC1CCCC1)NC[C@H]1CCCN1c1ccccc1. The van der Waals surface area contributed by atoms with Crippen LogP contribution in [0.15, 0.2) is 30.3 Å². The van der Waals surface area contributed by atoms with Gasteiger partial charge in [0.05, 0.1) is 5.75 Å². The molecule has 22 heavy (non-hydrogen) atoms. The highest BCUT2D eigenvalue weighted by Crippen LogP contribution is 2.29. The molecule has 0 spiro atoms. The van der Waals surface area contributed by atoms with Crippen LogP contribution < -0.4 is 10.2 Å². The van der Waals surface area contributed by atoms with Crippen LogP contribution in [0.3, 0.4) is 0 Å². The third-order valence-corrected chi connectivity index (χ3v) is 6.12. The molecule has 3 nitrogen and oxygen atoms in total. The van der Waals surface area contributed by atoms with E-state index in [1.165, 1.54) is 44.2 Å². The van der Waals surface area contributed by atoms with Gasteiger partial charge in [0.1, 0.15) is 0 Å². The van der Waals surface area contributed by atoms with Crippen LogP contribution in [0, 0.1) is 0 Å². The van der Waals surface area contributed by atoms with Crippen molar-refractivity contribution in [2.45, 2.75) is 49.8 Å². The highest BCUT2D eigenvalue weighted by Gasteiger charge is 2.25. The Kier molecular flexibility index (Phi) is 5.65. The van der Waals surface area contributed by atoms with Gasteiger partial charge < -0.3 is 10.2 Å². The minimum absolute atomic E-state index is 0.205. The van der Waals surface area contributed by atoms with Crippen molar-refractivity contribution in [2.24, 2.45) is 0 Å². The summed E-state index contributed by atoms with van der Waals surface area (Å²) in [5, 5.41) is 3.87. The standard InChI is InChI=1S/C18H26N2OS/c21-18(14-22-17-10-4-5-11-17)19-13-16-9-6-12-20(16)15-7-2-1-3-8-15/h1-3,7-8,16-17H,4-6,9-14H2,(H,19,21)/t16-/m1/s1. The van der Waals surface area contributed by atoms with Gasteiger partial charge in [-0.2, -0.15) is 0 Å². The van der Waals surface area contributed by atoms with Gasteiger partial charge in [0, 0.05) is 30.1 Å². The van der Waals surface area contributed by atoms with Gasteiger partial charge in [-0.25, -0.2) is 0 Å². The fourth-order valence-corrected chi connectivity index (χ4v) is 4.69. The first-order chi connectivity index (χ1) is 10.8. The zero-order chi connectivity index (χ0) is 15.2. The van der Waals surface area contributed by atoms with E-state index in [1.807, 2.05) is 11.8 Å². The molecule has 4 heteroatoms. The molecule has 1 heterocycles. The molecule has 1 saturated carbocycles. The molecule has 1 N–H and O–H groups in total. The van der Waals surface area contributed by atoms with Crippen molar-refractivity contribution < 1.29 is 4.79 Å². The average Bonchev–Trinajstić information content (AvgIpc) is 3.23. The fourth-order valence-electron chi connectivity index (χ4n) is 3.54. The van der Waals surface area contributed by atoms with E-state index >= 15 is 0 Å². The number of anilines is 1. The number of nitrogens with zero attached hydrogens (tertiary/aromatic N) is 1. The molecule has 1 saturated heterocycles. The normalized spacial score (nSPS) is 22.2. The predicted octanol–water partition coefficient (Wildman–Crippen LogP) is 3.45. The van der Waals surface area contributed by atoms with Gasteiger partial charge in [0.2, 0.25) is 5.91 Å². The number of carbonyl (C=O) groups excluding carboxylic acids is 1. The highest BCUT2D eigenvalue weighted by atomic mass is 32.2. The maximum Gasteiger partial charge on any atom is 0.230 e. The van der Waals surface area contributed by atoms with Crippen molar-refractivity contribution in [2.75, 3.05) is 23.7 Å². The first-order valence-electron chi connectivity index (χ1n) is 8.53. The van der Waals surface area contributed by atoms with Crippen LogP contribution in [0.2, 0.25) is 0 Å². The summed E-state index contributed by atoms with van der Waals surface area (Å²) in [5.41, 5.74) is 1.28. The van der Waals surface area contributed by atoms with Gasteiger partial charge in [-0.1, -0.05) is 31.0 Å². The fraction of sp³-hybridized carbons (Fsp3) is 0.611. The number of thioether (sulfide) groups is 1. The molecule has 0 bridgehead atoms. The summed E-state index contributed by atoms with van der Waals surface area (Å²) < 4.78 is 0. The van der Waals surface area contributed by atoms with Gasteiger partial charge >= 0.3 is 0 Å². The Morgan fingerprint density at radius 2 is 1.91 bits per heavy atom. The van der Waals surface area contributed by atoms with E-state index in [2.05, 4.69) is 40.5 Å². The molecule has 0 radical (unpaired) electrons. The van der Waals surface area contributed by atoms with Crippen molar-refractivity contribution in [3.05, 3.63) is 30.3 Å². The molecular weight excluding hydrogens is 292 g/mol. The number of amides is 1. The van der Waals surface area contributed by atoms with Crippen LogP contribution >= 0.6 is 11.8 Å². The van der Waals surface area contributed by atoms with E-state index < -0.39 is 0 Å². The Hall–Kier alpha value is -1.16. The molecule has 2 aliphatic rings. The summed E-state index contributed by atoms with van der Waals surface area (Å²) in [6, 6.07) is 11.0. The topological polar surface area (TPSA) is 32.3 Å². The molecular formula is C18H26N2OS. The van der Waals surface area contributed by atoms with Crippen LogP contribution in [0.1, 0.15) is 38.5 Å². The van der Waals surface area contributed by atoms with Crippen LogP contribution in [-0.2, 0) is 4.79 Å². The van der Waals surface area contributed by atoms with E-state index in [4.69, 9.17) is 0 Å². The summed E-state index contributed by atoms with van der Waals surface area (Å²) in [6.07, 6.45) is 7.66. The molecule has 1 aliphatic heterocycles. The number of rotatable bonds is 6. The van der Waals surface area contributed by atoms with E-state index in [-0.39, 0.29) is 5.91 Å². The van der Waals surface area contributed by atoms with Crippen molar-refractivity contribution in [1.29, 1.82) is 0 Å². The van der Waals surface area contributed by atoms with Crippen molar-refractivity contribution in [3.8, 4) is 0 Å². The Morgan fingerprint density at radius 3 is 2.68 bits per heavy atom. The zero-order valence-corrected chi connectivity index (χ0v) is 14.0. The maximum absolute atomic E-state index is 12.0. The van der Waals surface area contributed by atoms with Crippen molar-refractivity contribution in [3.63, 3.8) is 0 Å². The summed E-state index contributed by atoms with van der Waals surface area (Å²) >= 11 is 1.85. The highest BCUT2D eigenvalue weighted by molar-refractivity contribution is 8.00. The first-order valence-corrected chi connectivity index (χ1v) is 9.58. The predicted molar refractivity (Wildman–Crippen MR) is 94.5 cm³/mol. The second kappa shape index (κ2) is 7.91. The van der Waals surface area contributed by atoms with Crippen LogP contribution in [0.5, 0.6) is 0 Å². The summed E-state index contributed by atoms with van der Waals surface area (Å²) in [6.45, 7) is 1.88. The van der Waals surface area contributed by atoms with Gasteiger partial charge in [0.15, 0.2) is 0 Å². The Bertz CT molecular complexity index is 473. The second-order valence-corrected chi connectivity index (χ2v) is 7.64. The molecule has 1 amide bonds. The minimum atomic E-state index is 0.205. The van der Waals surface area contributed by atoms with E-state index in [0.717, 1.165) is 18.3 Å². The summed E-state index contributed by atoms with van der Waals surface area (Å²) in [5.74, 6) is 0.833. The molecule has 120 valence electrons. The number of para-hydroxylation sites is 1. The zero-order valence-electron chi connectivity index (χ0n) is 13.2. The molecule has 1 atom stereocenters. The summed E-state index contributed by atoms with van der Waals surface area (Å²) in [4.78, 5) is 14.5. The van der Waals surface area contributed by atoms with E-state index in [0.29, 0.717) is 11.8 Å². The molecule has 1 aromatic rings. The molecule has 2 fully saturated rings. The lowest BCUT2D eigenvalue weighted by atomic mass is 10.2. The summed E-state index contributed by atoms with van der Waals surface area (Å²) in [7, 11) is 0. The van der Waals surface area contributed by atoms with Gasteiger partial charge in [-0.15, -0.1) is 11.8 Å². The number of nitrogens with one attached hydrogen (secondary N) is 1. The third-order valence-electron chi connectivity index (χ3n) is 4.75. The monoisotopic (exact) mass is 318 g/mol. The quantitative estimate of drug-likeness (QED) is 0.872. The molecule has 0 unspecified atom stereocenters. The molecule has 1 aliphatic carbocycles. The third kappa shape index (κ3) is 4.19. The lowest BCUT2D eigenvalue weighted by Crippen LogP contribution is -2.40. The van der Waals surface area contributed by atoms with Gasteiger partial charge in [-0.05, 0) is 37.8 Å². The van der Waals surface area contributed by atoms with Crippen molar-refractivity contribution >= 4 is 23.4 Å². The average molecular weight is 318 g/mol. The van der Waals surface area contributed by atoms with E-state index in [1.54, 1.807) is 0 Å². The maximum atomic E-state index is 12.0. The smallest absolute Gasteiger partial charge is 0.230 e. The van der Waals surface area contributed by atoms with Gasteiger partial charge in [0.25, 0.3) is 0 Å². The Labute approximate surface area is 137 Å². The van der Waals surface area contributed by atoms with Gasteiger partial charge in [-0.3, -0.25) is 4.79 Å². The van der Waals surface area contributed by atoms with Crippen LogP contribution in [0.4, 0.5) is 5.69 Å². The largest absolute Gasteiger partial charge is 0.367 e. The first kappa shape index (κ1) is 15.7.